The highest BCUT2D eigenvalue weighted by Crippen LogP contribution is 2.19. The second kappa shape index (κ2) is 7.37. The Morgan fingerprint density at radius 1 is 1.05 bits per heavy atom. The van der Waals surface area contributed by atoms with Gasteiger partial charge in [-0.05, 0) is 42.0 Å². The fraction of sp³-hybridized carbons (Fsp3) is 0.222. The van der Waals surface area contributed by atoms with Gasteiger partial charge in [0.15, 0.2) is 0 Å². The van der Waals surface area contributed by atoms with Crippen molar-refractivity contribution in [2.75, 3.05) is 25.6 Å². The van der Waals surface area contributed by atoms with Gasteiger partial charge in [-0.1, -0.05) is 24.0 Å². The molecule has 2 N–H and O–H groups in total. The van der Waals surface area contributed by atoms with E-state index in [1.54, 1.807) is 7.11 Å². The van der Waals surface area contributed by atoms with E-state index in [1.165, 1.54) is 5.56 Å². The monoisotopic (exact) mass is 280 g/mol. The molecule has 0 saturated heterocycles. The molecule has 0 unspecified atom stereocenters. The highest BCUT2D eigenvalue weighted by molar-refractivity contribution is 5.49. The molecule has 0 bridgehead atoms. The van der Waals surface area contributed by atoms with E-state index in [0.29, 0.717) is 6.54 Å². The lowest BCUT2D eigenvalue weighted by Crippen LogP contribution is -2.16. The van der Waals surface area contributed by atoms with Crippen LogP contribution in [0.5, 0.6) is 5.75 Å². The third-order valence-electron chi connectivity index (χ3n) is 3.22. The number of rotatable bonds is 4. The third kappa shape index (κ3) is 4.27. The first kappa shape index (κ1) is 15.0. The molecule has 108 valence electrons. The summed E-state index contributed by atoms with van der Waals surface area (Å²) in [5.74, 6) is 6.75. The number of anilines is 1. The average Bonchev–Trinajstić information content (AvgIpc) is 2.54. The number of methoxy groups -OCH3 is 1. The van der Waals surface area contributed by atoms with Crippen LogP contribution in [-0.4, -0.2) is 20.7 Å². The Hall–Kier alpha value is -2.44. The maximum absolute atomic E-state index is 5.37. The number of nitrogens with zero attached hydrogens (tertiary/aromatic N) is 1. The van der Waals surface area contributed by atoms with E-state index >= 15 is 0 Å². The highest BCUT2D eigenvalue weighted by Gasteiger charge is 2.02. The Balaban J connectivity index is 2.02. The van der Waals surface area contributed by atoms with Crippen molar-refractivity contribution < 1.29 is 4.74 Å². The molecule has 0 amide bonds. The predicted molar refractivity (Wildman–Crippen MR) is 87.5 cm³/mol. The summed E-state index contributed by atoms with van der Waals surface area (Å²) in [6, 6.07) is 16.3. The minimum Gasteiger partial charge on any atom is -0.497 e. The second-order valence-corrected chi connectivity index (χ2v) is 4.76. The summed E-state index contributed by atoms with van der Waals surface area (Å²) in [4.78, 5) is 2.19. The number of nitrogens with two attached hydrogens (primary N) is 1. The molecule has 0 heterocycles. The minimum atomic E-state index is 0.391. The molecule has 2 rings (SSSR count). The van der Waals surface area contributed by atoms with E-state index in [2.05, 4.69) is 48.1 Å². The van der Waals surface area contributed by atoms with Gasteiger partial charge in [-0.2, -0.15) is 0 Å². The molecule has 21 heavy (non-hydrogen) atoms. The standard InChI is InChI=1S/C18H20N2O/c1-20(17-9-11-18(21-2)12-10-17)14-16-7-5-15(6-8-16)4-3-13-19/h5-12H,13-14,19H2,1-2H3. The van der Waals surface area contributed by atoms with Gasteiger partial charge in [-0.25, -0.2) is 0 Å². The lowest BCUT2D eigenvalue weighted by molar-refractivity contribution is 0.415. The molecule has 0 aromatic heterocycles. The Bertz CT molecular complexity index is 621. The number of hydrogen-bond donors (Lipinski definition) is 1. The maximum atomic E-state index is 5.37. The number of hydrogen-bond acceptors (Lipinski definition) is 3. The molecule has 0 spiro atoms. The molecule has 0 aliphatic heterocycles. The highest BCUT2D eigenvalue weighted by atomic mass is 16.5. The van der Waals surface area contributed by atoms with Crippen molar-refractivity contribution in [1.29, 1.82) is 0 Å². The minimum absolute atomic E-state index is 0.391. The SMILES string of the molecule is COc1ccc(N(C)Cc2ccc(C#CCN)cc2)cc1. The first-order chi connectivity index (χ1) is 10.2. The van der Waals surface area contributed by atoms with Gasteiger partial charge in [0, 0.05) is 24.8 Å². The zero-order valence-electron chi connectivity index (χ0n) is 12.5. The summed E-state index contributed by atoms with van der Waals surface area (Å²) >= 11 is 0. The van der Waals surface area contributed by atoms with E-state index in [0.717, 1.165) is 23.5 Å². The fourth-order valence-corrected chi connectivity index (χ4v) is 2.05. The van der Waals surface area contributed by atoms with Crippen molar-refractivity contribution in [3.8, 4) is 17.6 Å². The van der Waals surface area contributed by atoms with Crippen LogP contribution in [0.3, 0.4) is 0 Å². The van der Waals surface area contributed by atoms with Gasteiger partial charge in [0.05, 0.1) is 13.7 Å². The Kier molecular flexibility index (Phi) is 5.25. The Labute approximate surface area is 126 Å². The van der Waals surface area contributed by atoms with Gasteiger partial charge in [0.2, 0.25) is 0 Å². The molecule has 3 nitrogen and oxygen atoms in total. The molecule has 0 aliphatic rings. The molecular formula is C18H20N2O. The van der Waals surface area contributed by atoms with Gasteiger partial charge in [0.1, 0.15) is 5.75 Å². The van der Waals surface area contributed by atoms with Crippen LogP contribution < -0.4 is 15.4 Å². The van der Waals surface area contributed by atoms with Crippen molar-refractivity contribution in [2.45, 2.75) is 6.54 Å². The van der Waals surface area contributed by atoms with Crippen molar-refractivity contribution in [2.24, 2.45) is 5.73 Å². The van der Waals surface area contributed by atoms with Gasteiger partial charge < -0.3 is 15.4 Å². The molecule has 0 saturated carbocycles. The molecule has 3 heteroatoms. The summed E-state index contributed by atoms with van der Waals surface area (Å²) in [7, 11) is 3.75. The Morgan fingerprint density at radius 2 is 1.71 bits per heavy atom. The lowest BCUT2D eigenvalue weighted by atomic mass is 10.1. The molecule has 0 fully saturated rings. The van der Waals surface area contributed by atoms with E-state index in [1.807, 2.05) is 24.3 Å². The smallest absolute Gasteiger partial charge is 0.119 e. The van der Waals surface area contributed by atoms with Crippen LogP contribution in [-0.2, 0) is 6.54 Å². The summed E-state index contributed by atoms with van der Waals surface area (Å²) in [5, 5.41) is 0. The van der Waals surface area contributed by atoms with Crippen LogP contribution in [0.4, 0.5) is 5.69 Å². The average molecular weight is 280 g/mol. The lowest BCUT2D eigenvalue weighted by Gasteiger charge is -2.19. The zero-order valence-corrected chi connectivity index (χ0v) is 12.5. The molecule has 2 aromatic rings. The largest absolute Gasteiger partial charge is 0.497 e. The molecule has 0 aliphatic carbocycles. The van der Waals surface area contributed by atoms with Gasteiger partial charge in [-0.3, -0.25) is 0 Å². The maximum Gasteiger partial charge on any atom is 0.119 e. The molecule has 2 aromatic carbocycles. The normalized spacial score (nSPS) is 9.67. The van der Waals surface area contributed by atoms with Gasteiger partial charge in [-0.15, -0.1) is 0 Å². The molecule has 0 radical (unpaired) electrons. The summed E-state index contributed by atoms with van der Waals surface area (Å²) in [6.45, 7) is 1.24. The quantitative estimate of drug-likeness (QED) is 0.875. The third-order valence-corrected chi connectivity index (χ3v) is 3.22. The first-order valence-corrected chi connectivity index (χ1v) is 6.86. The van der Waals surface area contributed by atoms with E-state index in [-0.39, 0.29) is 0 Å². The summed E-state index contributed by atoms with van der Waals surface area (Å²) < 4.78 is 5.17. The number of ether oxygens (including phenoxy) is 1. The van der Waals surface area contributed by atoms with Gasteiger partial charge >= 0.3 is 0 Å². The van der Waals surface area contributed by atoms with Crippen LogP contribution in [0.15, 0.2) is 48.5 Å². The van der Waals surface area contributed by atoms with E-state index in [9.17, 15) is 0 Å². The fourth-order valence-electron chi connectivity index (χ4n) is 2.05. The van der Waals surface area contributed by atoms with E-state index < -0.39 is 0 Å². The van der Waals surface area contributed by atoms with Crippen molar-refractivity contribution in [1.82, 2.24) is 0 Å². The summed E-state index contributed by atoms with van der Waals surface area (Å²) in [5.41, 5.74) is 8.76. The van der Waals surface area contributed by atoms with Crippen LogP contribution in [0.2, 0.25) is 0 Å². The molecular weight excluding hydrogens is 260 g/mol. The van der Waals surface area contributed by atoms with Crippen molar-refractivity contribution in [3.63, 3.8) is 0 Å². The topological polar surface area (TPSA) is 38.5 Å². The van der Waals surface area contributed by atoms with Crippen LogP contribution in [0.1, 0.15) is 11.1 Å². The molecule has 0 atom stereocenters. The Morgan fingerprint density at radius 3 is 2.29 bits per heavy atom. The zero-order chi connectivity index (χ0) is 15.1. The van der Waals surface area contributed by atoms with Crippen molar-refractivity contribution >= 4 is 5.69 Å². The van der Waals surface area contributed by atoms with Crippen molar-refractivity contribution in [3.05, 3.63) is 59.7 Å². The van der Waals surface area contributed by atoms with Crippen LogP contribution in [0, 0.1) is 11.8 Å². The number of benzene rings is 2. The van der Waals surface area contributed by atoms with Gasteiger partial charge in [0.25, 0.3) is 0 Å². The van der Waals surface area contributed by atoms with E-state index in [4.69, 9.17) is 10.5 Å². The first-order valence-electron chi connectivity index (χ1n) is 6.86. The predicted octanol–water partition coefficient (Wildman–Crippen LogP) is 2.64. The van der Waals surface area contributed by atoms with Crippen LogP contribution >= 0.6 is 0 Å². The second-order valence-electron chi connectivity index (χ2n) is 4.76. The summed E-state index contributed by atoms with van der Waals surface area (Å²) in [6.07, 6.45) is 0. The van der Waals surface area contributed by atoms with Crippen LogP contribution in [0.25, 0.3) is 0 Å².